The van der Waals surface area contributed by atoms with Crippen molar-refractivity contribution in [2.45, 2.75) is 44.6 Å². The second-order valence-corrected chi connectivity index (χ2v) is 3.67. The van der Waals surface area contributed by atoms with Crippen molar-refractivity contribution in [1.82, 2.24) is 0 Å². The number of aliphatic hydroxyl groups is 1. The summed E-state index contributed by atoms with van der Waals surface area (Å²) in [5.74, 6) is 5.13. The third-order valence-electron chi connectivity index (χ3n) is 2.35. The molecule has 0 aromatic carbocycles. The smallest absolute Gasteiger partial charge is 0.303 e. The van der Waals surface area contributed by atoms with E-state index in [1.807, 2.05) is 0 Å². The number of carbonyl (C=O) groups excluding carboxylic acids is 1. The van der Waals surface area contributed by atoms with Crippen LogP contribution in [0.2, 0.25) is 0 Å². The summed E-state index contributed by atoms with van der Waals surface area (Å²) in [4.78, 5) is 10.4. The first-order valence-electron chi connectivity index (χ1n) is 4.98. The summed E-state index contributed by atoms with van der Waals surface area (Å²) in [5.41, 5.74) is -0.835. The van der Waals surface area contributed by atoms with Crippen LogP contribution in [0.15, 0.2) is 0 Å². The molecule has 0 unspecified atom stereocenters. The second kappa shape index (κ2) is 5.02. The molecule has 1 fully saturated rings. The SMILES string of the molecule is CC(=O)OCC#CC1(O)CCCCC1. The zero-order valence-corrected chi connectivity index (χ0v) is 8.51. The molecule has 0 amide bonds. The minimum Gasteiger partial charge on any atom is -0.453 e. The zero-order chi connectivity index (χ0) is 10.4. The van der Waals surface area contributed by atoms with E-state index in [2.05, 4.69) is 16.6 Å². The van der Waals surface area contributed by atoms with E-state index in [-0.39, 0.29) is 12.6 Å². The molecule has 3 heteroatoms. The van der Waals surface area contributed by atoms with E-state index in [0.29, 0.717) is 0 Å². The molecular formula is C11H16O3. The standard InChI is InChI=1S/C11H16O3/c1-10(12)14-9-5-8-11(13)6-3-2-4-7-11/h13H,2-4,6-7,9H2,1H3. The molecule has 0 aromatic rings. The van der Waals surface area contributed by atoms with Crippen molar-refractivity contribution in [3.05, 3.63) is 0 Å². The lowest BCUT2D eigenvalue weighted by atomic mass is 9.85. The highest BCUT2D eigenvalue weighted by Crippen LogP contribution is 2.26. The minimum absolute atomic E-state index is 0.0810. The average Bonchev–Trinajstić information content (AvgIpc) is 2.14. The van der Waals surface area contributed by atoms with Gasteiger partial charge in [-0.2, -0.15) is 0 Å². The average molecular weight is 196 g/mol. The fraction of sp³-hybridized carbons (Fsp3) is 0.727. The maximum absolute atomic E-state index is 10.4. The lowest BCUT2D eigenvalue weighted by Gasteiger charge is -2.26. The summed E-state index contributed by atoms with van der Waals surface area (Å²) >= 11 is 0. The Morgan fingerprint density at radius 1 is 1.43 bits per heavy atom. The zero-order valence-electron chi connectivity index (χ0n) is 8.51. The molecule has 0 bridgehead atoms. The van der Waals surface area contributed by atoms with Crippen molar-refractivity contribution in [2.75, 3.05) is 6.61 Å². The van der Waals surface area contributed by atoms with Crippen LogP contribution in [0.5, 0.6) is 0 Å². The molecule has 78 valence electrons. The Balaban J connectivity index is 2.36. The Morgan fingerprint density at radius 2 is 2.07 bits per heavy atom. The first kappa shape index (κ1) is 11.1. The molecule has 3 nitrogen and oxygen atoms in total. The summed E-state index contributed by atoms with van der Waals surface area (Å²) in [7, 11) is 0. The Labute approximate surface area is 84.5 Å². The summed E-state index contributed by atoms with van der Waals surface area (Å²) in [5, 5.41) is 9.92. The third kappa shape index (κ3) is 3.80. The van der Waals surface area contributed by atoms with E-state index in [1.54, 1.807) is 0 Å². The van der Waals surface area contributed by atoms with Crippen molar-refractivity contribution >= 4 is 5.97 Å². The normalized spacial score (nSPS) is 19.3. The van der Waals surface area contributed by atoms with Gasteiger partial charge < -0.3 is 9.84 Å². The Bertz CT molecular complexity index is 253. The molecule has 0 aliphatic heterocycles. The molecule has 0 atom stereocenters. The molecule has 14 heavy (non-hydrogen) atoms. The van der Waals surface area contributed by atoms with Gasteiger partial charge in [0.15, 0.2) is 6.61 Å². The fourth-order valence-corrected chi connectivity index (χ4v) is 1.60. The van der Waals surface area contributed by atoms with Gasteiger partial charge in [0, 0.05) is 6.92 Å². The highest BCUT2D eigenvalue weighted by molar-refractivity contribution is 5.66. The fourth-order valence-electron chi connectivity index (χ4n) is 1.60. The van der Waals surface area contributed by atoms with Crippen molar-refractivity contribution in [3.8, 4) is 11.8 Å². The van der Waals surface area contributed by atoms with Crippen LogP contribution in [-0.4, -0.2) is 23.3 Å². The molecule has 0 spiro atoms. The van der Waals surface area contributed by atoms with E-state index in [4.69, 9.17) is 0 Å². The van der Waals surface area contributed by atoms with Gasteiger partial charge in [0.2, 0.25) is 0 Å². The van der Waals surface area contributed by atoms with Crippen LogP contribution < -0.4 is 0 Å². The van der Waals surface area contributed by atoms with E-state index in [1.165, 1.54) is 13.3 Å². The van der Waals surface area contributed by atoms with Crippen LogP contribution in [0.3, 0.4) is 0 Å². The Morgan fingerprint density at radius 3 is 2.64 bits per heavy atom. The van der Waals surface area contributed by atoms with Crippen molar-refractivity contribution < 1.29 is 14.6 Å². The van der Waals surface area contributed by atoms with Crippen molar-refractivity contribution in [1.29, 1.82) is 0 Å². The highest BCUT2D eigenvalue weighted by Gasteiger charge is 2.26. The Kier molecular flexibility index (Phi) is 3.97. The number of carbonyl (C=O) groups is 1. The maximum Gasteiger partial charge on any atom is 0.303 e. The highest BCUT2D eigenvalue weighted by atomic mass is 16.5. The van der Waals surface area contributed by atoms with Crippen LogP contribution in [0.25, 0.3) is 0 Å². The van der Waals surface area contributed by atoms with Gasteiger partial charge in [0.1, 0.15) is 5.60 Å². The molecule has 0 aromatic heterocycles. The van der Waals surface area contributed by atoms with Gasteiger partial charge in [-0.3, -0.25) is 4.79 Å². The molecule has 1 N–H and O–H groups in total. The molecule has 1 saturated carbocycles. The van der Waals surface area contributed by atoms with Gasteiger partial charge in [-0.1, -0.05) is 18.3 Å². The topological polar surface area (TPSA) is 46.5 Å². The monoisotopic (exact) mass is 196 g/mol. The van der Waals surface area contributed by atoms with Gasteiger partial charge in [0.05, 0.1) is 0 Å². The molecule has 0 radical (unpaired) electrons. The van der Waals surface area contributed by atoms with Crippen LogP contribution >= 0.6 is 0 Å². The number of hydrogen-bond donors (Lipinski definition) is 1. The molecular weight excluding hydrogens is 180 g/mol. The second-order valence-electron chi connectivity index (χ2n) is 3.67. The predicted molar refractivity (Wildman–Crippen MR) is 52.4 cm³/mol. The van der Waals surface area contributed by atoms with Crippen LogP contribution in [0, 0.1) is 11.8 Å². The number of esters is 1. The Hall–Kier alpha value is -1.01. The van der Waals surface area contributed by atoms with Crippen LogP contribution in [0.4, 0.5) is 0 Å². The number of rotatable bonds is 1. The van der Waals surface area contributed by atoms with E-state index < -0.39 is 5.60 Å². The number of ether oxygens (including phenoxy) is 1. The first-order valence-corrected chi connectivity index (χ1v) is 4.98. The lowest BCUT2D eigenvalue weighted by Crippen LogP contribution is -2.29. The van der Waals surface area contributed by atoms with Gasteiger partial charge in [-0.15, -0.1) is 0 Å². The molecule has 1 aliphatic carbocycles. The maximum atomic E-state index is 10.4. The van der Waals surface area contributed by atoms with E-state index in [0.717, 1.165) is 25.7 Å². The number of hydrogen-bond acceptors (Lipinski definition) is 3. The summed E-state index contributed by atoms with van der Waals surface area (Å²) in [6.07, 6.45) is 4.70. The van der Waals surface area contributed by atoms with Gasteiger partial charge in [0.25, 0.3) is 0 Å². The van der Waals surface area contributed by atoms with Crippen molar-refractivity contribution in [2.24, 2.45) is 0 Å². The van der Waals surface area contributed by atoms with Gasteiger partial charge >= 0.3 is 5.97 Å². The lowest BCUT2D eigenvalue weighted by molar-refractivity contribution is -0.139. The first-order chi connectivity index (χ1) is 6.62. The molecule has 0 heterocycles. The predicted octanol–water partition coefficient (Wildman–Crippen LogP) is 1.25. The van der Waals surface area contributed by atoms with Gasteiger partial charge in [-0.05, 0) is 25.7 Å². The summed E-state index contributed by atoms with van der Waals surface area (Å²) in [6.45, 7) is 1.43. The minimum atomic E-state index is -0.835. The van der Waals surface area contributed by atoms with Crippen LogP contribution in [0.1, 0.15) is 39.0 Å². The molecule has 1 rings (SSSR count). The molecule has 0 saturated heterocycles. The van der Waals surface area contributed by atoms with E-state index >= 15 is 0 Å². The van der Waals surface area contributed by atoms with Crippen molar-refractivity contribution in [3.63, 3.8) is 0 Å². The molecule has 1 aliphatic rings. The largest absolute Gasteiger partial charge is 0.453 e. The van der Waals surface area contributed by atoms with Crippen LogP contribution in [-0.2, 0) is 9.53 Å². The third-order valence-corrected chi connectivity index (χ3v) is 2.35. The van der Waals surface area contributed by atoms with Gasteiger partial charge in [-0.25, -0.2) is 0 Å². The summed E-state index contributed by atoms with van der Waals surface area (Å²) in [6, 6.07) is 0. The van der Waals surface area contributed by atoms with E-state index in [9.17, 15) is 9.90 Å². The summed E-state index contributed by atoms with van der Waals surface area (Å²) < 4.78 is 4.65. The quantitative estimate of drug-likeness (QED) is 0.507.